The number of hydrogen-bond donors (Lipinski definition) is 3. The Labute approximate surface area is 109 Å². The highest BCUT2D eigenvalue weighted by atomic mass is 32.1. The van der Waals surface area contributed by atoms with Gasteiger partial charge in [-0.05, 0) is 6.42 Å². The first-order valence-corrected chi connectivity index (χ1v) is 6.60. The fourth-order valence-electron chi connectivity index (χ4n) is 1.53. The van der Waals surface area contributed by atoms with Crippen molar-refractivity contribution in [1.82, 2.24) is 10.3 Å². The molecule has 0 aromatic carbocycles. The van der Waals surface area contributed by atoms with Gasteiger partial charge < -0.3 is 16.2 Å². The van der Waals surface area contributed by atoms with Crippen LogP contribution in [-0.2, 0) is 16.0 Å². The molecule has 0 spiro atoms. The number of carboxylic acids is 1. The van der Waals surface area contributed by atoms with Crippen LogP contribution in [0, 0.1) is 5.92 Å². The average molecular weight is 271 g/mol. The number of carboxylic acid groups (broad SMARTS) is 1. The number of nitrogens with zero attached hydrogens (tertiary/aromatic N) is 1. The van der Waals surface area contributed by atoms with E-state index in [-0.39, 0.29) is 18.9 Å². The van der Waals surface area contributed by atoms with Crippen molar-refractivity contribution in [3.8, 4) is 0 Å². The molecule has 0 aliphatic rings. The second kappa shape index (κ2) is 6.95. The molecule has 0 saturated heterocycles. The molecule has 1 aromatic heterocycles. The van der Waals surface area contributed by atoms with E-state index in [1.807, 2.05) is 6.92 Å². The Morgan fingerprint density at radius 1 is 1.61 bits per heavy atom. The molecule has 1 atom stereocenters. The number of hydrogen-bond acceptors (Lipinski definition) is 5. The molecule has 0 bridgehead atoms. The molecule has 0 saturated carbocycles. The first kappa shape index (κ1) is 14.4. The molecule has 0 aliphatic heterocycles. The molecule has 0 radical (unpaired) electrons. The number of aromatic nitrogens is 1. The fraction of sp³-hybridized carbons (Fsp3) is 0.545. The molecule has 7 heteroatoms. The second-order valence-electron chi connectivity index (χ2n) is 3.98. The van der Waals surface area contributed by atoms with Crippen LogP contribution < -0.4 is 11.1 Å². The Bertz CT molecular complexity index is 419. The number of carbonyl (C=O) groups is 2. The number of amides is 1. The average Bonchev–Trinajstić information content (AvgIpc) is 2.69. The van der Waals surface area contributed by atoms with E-state index in [0.29, 0.717) is 17.2 Å². The third-order valence-electron chi connectivity index (χ3n) is 2.44. The van der Waals surface area contributed by atoms with Gasteiger partial charge in [-0.1, -0.05) is 13.3 Å². The van der Waals surface area contributed by atoms with E-state index in [1.165, 1.54) is 11.3 Å². The molecule has 4 N–H and O–H groups in total. The fourth-order valence-corrected chi connectivity index (χ4v) is 2.09. The van der Waals surface area contributed by atoms with Crippen LogP contribution in [0.2, 0.25) is 0 Å². The molecule has 1 aromatic rings. The minimum absolute atomic E-state index is 0.131. The predicted octanol–water partition coefficient (Wildman–Crippen LogP) is 0.885. The number of rotatable bonds is 7. The van der Waals surface area contributed by atoms with Crippen molar-refractivity contribution < 1.29 is 14.7 Å². The van der Waals surface area contributed by atoms with Gasteiger partial charge in [0.15, 0.2) is 5.13 Å². The van der Waals surface area contributed by atoms with Crippen LogP contribution in [0.25, 0.3) is 0 Å². The van der Waals surface area contributed by atoms with Crippen LogP contribution in [-0.4, -0.2) is 28.5 Å². The van der Waals surface area contributed by atoms with Gasteiger partial charge in [0.1, 0.15) is 0 Å². The third kappa shape index (κ3) is 4.70. The monoisotopic (exact) mass is 271 g/mol. The first-order chi connectivity index (χ1) is 8.52. The molecule has 1 rings (SSSR count). The Morgan fingerprint density at radius 2 is 2.33 bits per heavy atom. The van der Waals surface area contributed by atoms with E-state index in [2.05, 4.69) is 10.3 Å². The van der Waals surface area contributed by atoms with E-state index < -0.39 is 11.9 Å². The summed E-state index contributed by atoms with van der Waals surface area (Å²) in [6, 6.07) is 0. The lowest BCUT2D eigenvalue weighted by Crippen LogP contribution is -2.33. The normalized spacial score (nSPS) is 12.1. The molecule has 1 unspecified atom stereocenters. The van der Waals surface area contributed by atoms with Gasteiger partial charge in [0, 0.05) is 11.9 Å². The summed E-state index contributed by atoms with van der Waals surface area (Å²) in [5.74, 6) is -1.64. The van der Waals surface area contributed by atoms with Gasteiger partial charge in [-0.25, -0.2) is 4.98 Å². The number of thiazole rings is 1. The molecule has 0 aliphatic carbocycles. The number of aliphatic carboxylic acids is 1. The van der Waals surface area contributed by atoms with Crippen molar-refractivity contribution in [2.75, 3.05) is 12.3 Å². The zero-order valence-electron chi connectivity index (χ0n) is 10.2. The van der Waals surface area contributed by atoms with E-state index in [9.17, 15) is 9.59 Å². The predicted molar refractivity (Wildman–Crippen MR) is 69.3 cm³/mol. The summed E-state index contributed by atoms with van der Waals surface area (Å²) in [5, 5.41) is 13.7. The Morgan fingerprint density at radius 3 is 2.83 bits per heavy atom. The lowest BCUT2D eigenvalue weighted by Gasteiger charge is -2.11. The van der Waals surface area contributed by atoms with Crippen molar-refractivity contribution >= 4 is 28.3 Å². The highest BCUT2D eigenvalue weighted by molar-refractivity contribution is 7.13. The Hall–Kier alpha value is -1.63. The van der Waals surface area contributed by atoms with Crippen molar-refractivity contribution in [2.45, 2.75) is 26.2 Å². The van der Waals surface area contributed by atoms with E-state index >= 15 is 0 Å². The van der Waals surface area contributed by atoms with Gasteiger partial charge in [0.25, 0.3) is 0 Å². The van der Waals surface area contributed by atoms with Crippen LogP contribution in [0.1, 0.15) is 25.5 Å². The van der Waals surface area contributed by atoms with Crippen molar-refractivity contribution in [2.24, 2.45) is 5.92 Å². The number of nitrogens with two attached hydrogens (primary N) is 1. The molecule has 6 nitrogen and oxygen atoms in total. The minimum Gasteiger partial charge on any atom is -0.481 e. The van der Waals surface area contributed by atoms with Gasteiger partial charge in [-0.2, -0.15) is 0 Å². The van der Waals surface area contributed by atoms with E-state index in [0.717, 1.165) is 6.42 Å². The largest absolute Gasteiger partial charge is 0.481 e. The van der Waals surface area contributed by atoms with Crippen LogP contribution in [0.3, 0.4) is 0 Å². The number of anilines is 1. The van der Waals surface area contributed by atoms with Gasteiger partial charge >= 0.3 is 5.97 Å². The maximum absolute atomic E-state index is 11.6. The summed E-state index contributed by atoms with van der Waals surface area (Å²) in [6.07, 6.45) is 1.46. The maximum Gasteiger partial charge on any atom is 0.308 e. The molecular formula is C11H17N3O3S. The van der Waals surface area contributed by atoms with Crippen LogP contribution >= 0.6 is 11.3 Å². The minimum atomic E-state index is -0.880. The first-order valence-electron chi connectivity index (χ1n) is 5.72. The molecule has 0 fully saturated rings. The van der Waals surface area contributed by atoms with Gasteiger partial charge in [-0.15, -0.1) is 11.3 Å². The Kier molecular flexibility index (Phi) is 5.57. The van der Waals surface area contributed by atoms with Gasteiger partial charge in [0.2, 0.25) is 5.91 Å². The summed E-state index contributed by atoms with van der Waals surface area (Å²) < 4.78 is 0. The van der Waals surface area contributed by atoms with Crippen LogP contribution in [0.5, 0.6) is 0 Å². The zero-order chi connectivity index (χ0) is 13.5. The van der Waals surface area contributed by atoms with E-state index in [4.69, 9.17) is 10.8 Å². The summed E-state index contributed by atoms with van der Waals surface area (Å²) in [5.41, 5.74) is 6.06. The number of nitrogens with one attached hydrogen (secondary N) is 1. The quantitative estimate of drug-likeness (QED) is 0.683. The van der Waals surface area contributed by atoms with Crippen molar-refractivity contribution in [3.05, 3.63) is 11.1 Å². The summed E-state index contributed by atoms with van der Waals surface area (Å²) in [6.45, 7) is 2.07. The van der Waals surface area contributed by atoms with Gasteiger partial charge in [0.05, 0.1) is 18.0 Å². The van der Waals surface area contributed by atoms with Crippen LogP contribution in [0.15, 0.2) is 5.38 Å². The van der Waals surface area contributed by atoms with Crippen molar-refractivity contribution in [1.29, 1.82) is 0 Å². The van der Waals surface area contributed by atoms with E-state index in [1.54, 1.807) is 5.38 Å². The maximum atomic E-state index is 11.6. The third-order valence-corrected chi connectivity index (χ3v) is 3.17. The highest BCUT2D eigenvalue weighted by Gasteiger charge is 2.17. The Balaban J connectivity index is 2.38. The highest BCUT2D eigenvalue weighted by Crippen LogP contribution is 2.11. The molecular weight excluding hydrogens is 254 g/mol. The summed E-state index contributed by atoms with van der Waals surface area (Å²) in [7, 11) is 0. The topological polar surface area (TPSA) is 105 Å². The summed E-state index contributed by atoms with van der Waals surface area (Å²) in [4.78, 5) is 26.4. The summed E-state index contributed by atoms with van der Waals surface area (Å²) >= 11 is 1.28. The molecule has 1 heterocycles. The van der Waals surface area contributed by atoms with Gasteiger partial charge in [-0.3, -0.25) is 9.59 Å². The SMILES string of the molecule is CCCC(CNC(=O)Cc1csc(N)n1)C(=O)O. The molecule has 1 amide bonds. The smallest absolute Gasteiger partial charge is 0.308 e. The molecule has 18 heavy (non-hydrogen) atoms. The number of nitrogen functional groups attached to an aromatic ring is 1. The second-order valence-corrected chi connectivity index (χ2v) is 4.87. The molecule has 100 valence electrons. The van der Waals surface area contributed by atoms with Crippen molar-refractivity contribution in [3.63, 3.8) is 0 Å². The number of carbonyl (C=O) groups excluding carboxylic acids is 1. The lowest BCUT2D eigenvalue weighted by atomic mass is 10.0. The van der Waals surface area contributed by atoms with Crippen LogP contribution in [0.4, 0.5) is 5.13 Å². The zero-order valence-corrected chi connectivity index (χ0v) is 11.0. The standard InChI is InChI=1S/C11H17N3O3S/c1-2-3-7(10(16)17)5-13-9(15)4-8-6-18-11(12)14-8/h6-7H,2-5H2,1H3,(H2,12,14)(H,13,15)(H,16,17). The lowest BCUT2D eigenvalue weighted by molar-refractivity contribution is -0.141.